The number of aliphatic hydroxyl groups is 2. The highest BCUT2D eigenvalue weighted by molar-refractivity contribution is 5.76. The predicted molar refractivity (Wildman–Crippen MR) is 366 cm³/mol. The topological polar surface area (TPSA) is 95.9 Å². The summed E-state index contributed by atoms with van der Waals surface area (Å²) < 4.78 is 5.48. The van der Waals surface area contributed by atoms with Gasteiger partial charge in [0.2, 0.25) is 5.91 Å². The third-order valence-corrected chi connectivity index (χ3v) is 17.3. The van der Waals surface area contributed by atoms with E-state index in [2.05, 4.69) is 55.6 Å². The maximum atomic E-state index is 12.5. The normalized spacial score (nSPS) is 12.8. The molecule has 0 fully saturated rings. The number of aliphatic hydroxyl groups excluding tert-OH is 2. The zero-order chi connectivity index (χ0) is 59.9. The first-order valence-corrected chi connectivity index (χ1v) is 37.4. The molecule has 0 radical (unpaired) electrons. The van der Waals surface area contributed by atoms with Crippen molar-refractivity contribution in [1.29, 1.82) is 0 Å². The number of ether oxygens (including phenoxy) is 1. The first-order valence-electron chi connectivity index (χ1n) is 37.4. The largest absolute Gasteiger partial charge is 0.466 e. The maximum absolute atomic E-state index is 12.5. The molecule has 0 spiro atoms. The summed E-state index contributed by atoms with van der Waals surface area (Å²) in [5, 5.41) is 23.3. The van der Waals surface area contributed by atoms with Gasteiger partial charge in [0.05, 0.1) is 25.4 Å². The molecule has 0 rings (SSSR count). The molecule has 0 aromatic heterocycles. The van der Waals surface area contributed by atoms with Crippen molar-refractivity contribution in [2.75, 3.05) is 13.2 Å². The molecule has 1 amide bonds. The van der Waals surface area contributed by atoms with Gasteiger partial charge in [0.1, 0.15) is 0 Å². The lowest BCUT2D eigenvalue weighted by Crippen LogP contribution is -2.45. The minimum Gasteiger partial charge on any atom is -0.466 e. The van der Waals surface area contributed by atoms with Crippen LogP contribution in [-0.4, -0.2) is 47.4 Å². The zero-order valence-corrected chi connectivity index (χ0v) is 55.9. The monoisotopic (exact) mass is 1160 g/mol. The Labute approximate surface area is 518 Å². The molecule has 0 aromatic carbocycles. The molecule has 0 aliphatic rings. The second-order valence-electron chi connectivity index (χ2n) is 25.6. The predicted octanol–water partition coefficient (Wildman–Crippen LogP) is 24.4. The van der Waals surface area contributed by atoms with E-state index in [1.165, 1.54) is 327 Å². The second-order valence-corrected chi connectivity index (χ2v) is 25.6. The van der Waals surface area contributed by atoms with Gasteiger partial charge in [-0.15, -0.1) is 0 Å². The van der Waals surface area contributed by atoms with Crippen LogP contribution in [0.2, 0.25) is 0 Å². The Hall–Kier alpha value is -2.18. The highest BCUT2D eigenvalue weighted by Gasteiger charge is 2.18. The Balaban J connectivity index is 3.43. The molecular formula is C77H145NO5. The van der Waals surface area contributed by atoms with Gasteiger partial charge in [0.15, 0.2) is 0 Å². The van der Waals surface area contributed by atoms with Crippen LogP contribution >= 0.6 is 0 Å². The van der Waals surface area contributed by atoms with Crippen molar-refractivity contribution in [2.24, 2.45) is 0 Å². The van der Waals surface area contributed by atoms with Crippen LogP contribution in [0.3, 0.4) is 0 Å². The smallest absolute Gasteiger partial charge is 0.305 e. The summed E-state index contributed by atoms with van der Waals surface area (Å²) >= 11 is 0. The van der Waals surface area contributed by atoms with Crippen LogP contribution in [0.1, 0.15) is 406 Å². The van der Waals surface area contributed by atoms with E-state index in [9.17, 15) is 19.8 Å². The van der Waals surface area contributed by atoms with Crippen LogP contribution in [0.5, 0.6) is 0 Å². The number of carbonyl (C=O) groups excluding carboxylic acids is 2. The Kier molecular flexibility index (Phi) is 70.4. The fourth-order valence-corrected chi connectivity index (χ4v) is 11.6. The highest BCUT2D eigenvalue weighted by Crippen LogP contribution is 2.18. The minimum atomic E-state index is -0.847. The van der Waals surface area contributed by atoms with Gasteiger partial charge in [-0.05, 0) is 89.9 Å². The Morgan fingerprint density at radius 1 is 0.337 bits per heavy atom. The summed E-state index contributed by atoms with van der Waals surface area (Å²) in [6.07, 6.45) is 94.9. The van der Waals surface area contributed by atoms with E-state index >= 15 is 0 Å². The van der Waals surface area contributed by atoms with Crippen LogP contribution in [0.15, 0.2) is 48.6 Å². The van der Waals surface area contributed by atoms with Crippen molar-refractivity contribution >= 4 is 11.9 Å². The van der Waals surface area contributed by atoms with Crippen molar-refractivity contribution in [3.63, 3.8) is 0 Å². The van der Waals surface area contributed by atoms with E-state index < -0.39 is 12.1 Å². The van der Waals surface area contributed by atoms with Crippen molar-refractivity contribution in [3.05, 3.63) is 48.6 Å². The minimum absolute atomic E-state index is 0.00342. The van der Waals surface area contributed by atoms with Gasteiger partial charge in [-0.2, -0.15) is 0 Å². The molecular weight excluding hydrogens is 1020 g/mol. The molecule has 0 heterocycles. The molecule has 2 atom stereocenters. The molecule has 0 bridgehead atoms. The molecule has 2 unspecified atom stereocenters. The number of carbonyl (C=O) groups is 2. The fraction of sp³-hybridized carbons (Fsp3) is 0.870. The van der Waals surface area contributed by atoms with Crippen molar-refractivity contribution in [2.45, 2.75) is 418 Å². The molecule has 3 N–H and O–H groups in total. The van der Waals surface area contributed by atoms with Crippen LogP contribution in [-0.2, 0) is 14.3 Å². The molecule has 0 aromatic rings. The summed E-state index contributed by atoms with van der Waals surface area (Å²) in [7, 11) is 0. The van der Waals surface area contributed by atoms with Crippen LogP contribution in [0.25, 0.3) is 0 Å². The third-order valence-electron chi connectivity index (χ3n) is 17.3. The van der Waals surface area contributed by atoms with E-state index in [0.29, 0.717) is 19.4 Å². The Morgan fingerprint density at radius 2 is 0.602 bits per heavy atom. The molecule has 6 heteroatoms. The highest BCUT2D eigenvalue weighted by atomic mass is 16.5. The quantitative estimate of drug-likeness (QED) is 0.0320. The number of allylic oxidation sites excluding steroid dienone is 7. The summed E-state index contributed by atoms with van der Waals surface area (Å²) in [6.45, 7) is 4.92. The SMILES string of the molecule is CCCCCCC/C=C\CCCCCCCC(=O)OCCCCCCCCCCC/C=C\C/C=C\CCCCCCCCCCCCCCCC(=O)NC(CO)C(O)/C=C/CCCCCCCCCCCCCCCCCCCCCCC. The van der Waals surface area contributed by atoms with Gasteiger partial charge in [-0.25, -0.2) is 0 Å². The number of hydrogen-bond acceptors (Lipinski definition) is 5. The van der Waals surface area contributed by atoms with Gasteiger partial charge >= 0.3 is 5.97 Å². The average Bonchev–Trinajstić information content (AvgIpc) is 3.49. The van der Waals surface area contributed by atoms with E-state index in [-0.39, 0.29) is 18.5 Å². The number of esters is 1. The van der Waals surface area contributed by atoms with Gasteiger partial charge in [-0.1, -0.05) is 351 Å². The summed E-state index contributed by atoms with van der Waals surface area (Å²) in [6, 6.07) is -0.631. The molecule has 6 nitrogen and oxygen atoms in total. The van der Waals surface area contributed by atoms with E-state index in [4.69, 9.17) is 4.74 Å². The zero-order valence-electron chi connectivity index (χ0n) is 55.9. The number of hydrogen-bond donors (Lipinski definition) is 3. The van der Waals surface area contributed by atoms with Crippen molar-refractivity contribution < 1.29 is 24.5 Å². The number of amides is 1. The standard InChI is InChI=1S/C77H145NO5/c1-3-5-7-9-11-13-15-17-19-20-21-22-30-33-36-39-42-45-49-53-57-61-65-69-75(80)74(73-79)78-76(81)70-66-62-58-54-50-46-43-40-37-34-31-28-26-24-23-25-27-29-32-35-38-41-44-48-52-56-60-64-68-72-83-77(82)71-67-63-59-55-51-47-18-16-14-12-10-8-6-4-2/h16,18,23,25,29,32,65,69,74-75,79-80H,3-15,17,19-22,24,26-28,30-31,33-64,66-68,70-73H2,1-2H3,(H,78,81)/b18-16-,25-23-,32-29-,69-65+. The number of nitrogens with one attached hydrogen (secondary N) is 1. The molecule has 0 saturated heterocycles. The molecule has 488 valence electrons. The molecule has 0 saturated carbocycles. The molecule has 83 heavy (non-hydrogen) atoms. The van der Waals surface area contributed by atoms with Gasteiger partial charge in [-0.3, -0.25) is 9.59 Å². The summed E-state index contributed by atoms with van der Waals surface area (Å²) in [4.78, 5) is 24.6. The lowest BCUT2D eigenvalue weighted by atomic mass is 10.0. The number of unbranched alkanes of at least 4 members (excludes halogenated alkanes) is 53. The lowest BCUT2D eigenvalue weighted by molar-refractivity contribution is -0.143. The summed E-state index contributed by atoms with van der Waals surface area (Å²) in [5.74, 6) is -0.0618. The average molecular weight is 1170 g/mol. The van der Waals surface area contributed by atoms with E-state index in [1.807, 2.05) is 6.08 Å². The van der Waals surface area contributed by atoms with Crippen molar-refractivity contribution in [1.82, 2.24) is 5.32 Å². The molecule has 0 aliphatic heterocycles. The van der Waals surface area contributed by atoms with Gasteiger partial charge in [0.25, 0.3) is 0 Å². The number of rotatable bonds is 70. The maximum Gasteiger partial charge on any atom is 0.305 e. The van der Waals surface area contributed by atoms with E-state index in [1.54, 1.807) is 6.08 Å². The van der Waals surface area contributed by atoms with Gasteiger partial charge < -0.3 is 20.3 Å². The first-order chi connectivity index (χ1) is 41.0. The lowest BCUT2D eigenvalue weighted by Gasteiger charge is -2.20. The third kappa shape index (κ3) is 68.8. The van der Waals surface area contributed by atoms with Crippen molar-refractivity contribution in [3.8, 4) is 0 Å². The van der Waals surface area contributed by atoms with Crippen LogP contribution in [0.4, 0.5) is 0 Å². The van der Waals surface area contributed by atoms with Gasteiger partial charge in [0, 0.05) is 12.8 Å². The van der Waals surface area contributed by atoms with Crippen LogP contribution in [0, 0.1) is 0 Å². The summed E-state index contributed by atoms with van der Waals surface area (Å²) in [5.41, 5.74) is 0. The Morgan fingerprint density at radius 3 is 0.928 bits per heavy atom. The second kappa shape index (κ2) is 72.3. The van der Waals surface area contributed by atoms with E-state index in [0.717, 1.165) is 51.4 Å². The fourth-order valence-electron chi connectivity index (χ4n) is 11.6. The first kappa shape index (κ1) is 80.8. The Bertz CT molecular complexity index is 1390. The molecule has 0 aliphatic carbocycles. The van der Waals surface area contributed by atoms with Crippen LogP contribution < -0.4 is 5.32 Å².